The summed E-state index contributed by atoms with van der Waals surface area (Å²) in [6.45, 7) is 0.749. The predicted molar refractivity (Wildman–Crippen MR) is 121 cm³/mol. The van der Waals surface area contributed by atoms with Crippen LogP contribution in [0.5, 0.6) is 11.5 Å². The van der Waals surface area contributed by atoms with E-state index in [1.165, 1.54) is 0 Å². The second-order valence-electron chi connectivity index (χ2n) is 7.25. The predicted octanol–water partition coefficient (Wildman–Crippen LogP) is 6.88. The Balaban J connectivity index is 1.61. The van der Waals surface area contributed by atoms with Crippen LogP contribution < -0.4 is 15.4 Å². The third-order valence-electron chi connectivity index (χ3n) is 4.75. The molecule has 3 aromatic rings. The monoisotopic (exact) mass is 498 g/mol. The van der Waals surface area contributed by atoms with Gasteiger partial charge in [0.1, 0.15) is 11.5 Å². The Morgan fingerprint density at radius 1 is 0.970 bits per heavy atom. The van der Waals surface area contributed by atoms with Crippen molar-refractivity contribution in [1.29, 1.82) is 0 Å². The van der Waals surface area contributed by atoms with Crippen LogP contribution in [0.1, 0.15) is 18.1 Å². The molecule has 1 atom stereocenters. The van der Waals surface area contributed by atoms with Crippen molar-refractivity contribution < 1.29 is 27.8 Å². The van der Waals surface area contributed by atoms with Crippen molar-refractivity contribution in [2.75, 3.05) is 5.32 Å². The largest absolute Gasteiger partial charge is 0.457 e. The fourth-order valence-electron chi connectivity index (χ4n) is 2.78. The van der Waals surface area contributed by atoms with Crippen LogP contribution in [0.2, 0.25) is 10.0 Å². The van der Waals surface area contributed by atoms with E-state index >= 15 is 0 Å². The molecule has 10 heteroatoms. The molecule has 0 aromatic heterocycles. The minimum absolute atomic E-state index is 0.0795. The van der Waals surface area contributed by atoms with E-state index in [1.54, 1.807) is 24.3 Å². The van der Waals surface area contributed by atoms with Gasteiger partial charge in [0, 0.05) is 6.54 Å². The van der Waals surface area contributed by atoms with E-state index in [4.69, 9.17) is 27.9 Å². The molecule has 0 bridgehead atoms. The van der Waals surface area contributed by atoms with Gasteiger partial charge in [-0.25, -0.2) is 4.79 Å². The maximum atomic E-state index is 13.1. The summed E-state index contributed by atoms with van der Waals surface area (Å²) in [6, 6.07) is 17.4. The van der Waals surface area contributed by atoms with Gasteiger partial charge in [-0.15, -0.1) is 0 Å². The maximum absolute atomic E-state index is 13.1. The Hall–Kier alpha value is -2.94. The third-order valence-corrected chi connectivity index (χ3v) is 5.35. The molecule has 0 fully saturated rings. The normalized spacial score (nSPS) is 13.2. The third kappa shape index (κ3) is 6.10. The second kappa shape index (κ2) is 9.91. The topological polar surface area (TPSA) is 70.6 Å². The van der Waals surface area contributed by atoms with Gasteiger partial charge < -0.3 is 20.5 Å². The van der Waals surface area contributed by atoms with E-state index in [0.717, 1.165) is 17.7 Å². The van der Waals surface area contributed by atoms with Gasteiger partial charge in [0.15, 0.2) is 5.60 Å². The smallest absolute Gasteiger partial charge is 0.421 e. The highest BCUT2D eigenvalue weighted by molar-refractivity contribution is 6.39. The number of hydrogen-bond acceptors (Lipinski definition) is 3. The molecule has 0 aliphatic heterocycles. The molecule has 0 aliphatic carbocycles. The summed E-state index contributed by atoms with van der Waals surface area (Å²) < 4.78 is 44.9. The highest BCUT2D eigenvalue weighted by Crippen LogP contribution is 2.42. The summed E-state index contributed by atoms with van der Waals surface area (Å²) in [5, 5.41) is 14.3. The van der Waals surface area contributed by atoms with Crippen molar-refractivity contribution in [2.45, 2.75) is 25.2 Å². The van der Waals surface area contributed by atoms with Gasteiger partial charge in [-0.3, -0.25) is 0 Å². The Bertz CT molecular complexity index is 1100. The van der Waals surface area contributed by atoms with Gasteiger partial charge in [-0.2, -0.15) is 13.2 Å². The van der Waals surface area contributed by atoms with Crippen molar-refractivity contribution in [3.8, 4) is 11.5 Å². The molecule has 0 unspecified atom stereocenters. The number of rotatable bonds is 6. The molecule has 0 heterocycles. The van der Waals surface area contributed by atoms with E-state index in [0.29, 0.717) is 18.4 Å². The summed E-state index contributed by atoms with van der Waals surface area (Å²) in [7, 11) is 0. The molecule has 3 rings (SSSR count). The number of anilines is 1. The zero-order chi connectivity index (χ0) is 24.2. The molecule has 0 saturated heterocycles. The molecule has 0 spiro atoms. The number of urea groups is 1. The number of para-hydroxylation sites is 1. The number of alkyl halides is 3. The summed E-state index contributed by atoms with van der Waals surface area (Å²) in [5.74, 6) is 1.32. The zero-order valence-corrected chi connectivity index (χ0v) is 18.7. The zero-order valence-electron chi connectivity index (χ0n) is 17.2. The van der Waals surface area contributed by atoms with Gasteiger partial charge >= 0.3 is 12.2 Å². The lowest BCUT2D eigenvalue weighted by atomic mass is 9.95. The number of halogens is 5. The van der Waals surface area contributed by atoms with Crippen molar-refractivity contribution in [3.63, 3.8) is 0 Å². The fourth-order valence-corrected chi connectivity index (χ4v) is 3.36. The van der Waals surface area contributed by atoms with Crippen LogP contribution in [-0.4, -0.2) is 17.3 Å². The Morgan fingerprint density at radius 3 is 2.06 bits per heavy atom. The first-order chi connectivity index (χ1) is 15.5. The molecule has 3 aromatic carbocycles. The number of carbonyl (C=O) groups excluding carboxylic acids is 1. The minimum Gasteiger partial charge on any atom is -0.457 e. The molecular weight excluding hydrogens is 480 g/mol. The van der Waals surface area contributed by atoms with Crippen molar-refractivity contribution in [3.05, 3.63) is 87.9 Å². The number of nitrogens with one attached hydrogen (secondary N) is 2. The van der Waals surface area contributed by atoms with Crippen molar-refractivity contribution >= 4 is 34.9 Å². The van der Waals surface area contributed by atoms with Gasteiger partial charge in [0.2, 0.25) is 0 Å². The lowest BCUT2D eigenvalue weighted by molar-refractivity contribution is -0.258. The molecule has 0 saturated carbocycles. The number of carbonyl (C=O) groups is 1. The maximum Gasteiger partial charge on any atom is 0.421 e. The highest BCUT2D eigenvalue weighted by Gasteiger charge is 2.51. The Morgan fingerprint density at radius 2 is 1.52 bits per heavy atom. The van der Waals surface area contributed by atoms with E-state index in [-0.39, 0.29) is 22.3 Å². The van der Waals surface area contributed by atoms with Crippen LogP contribution in [0, 0.1) is 0 Å². The molecule has 2 amide bonds. The average molecular weight is 499 g/mol. The Kier molecular flexibility index (Phi) is 7.41. The number of amides is 2. The van der Waals surface area contributed by atoms with Crippen molar-refractivity contribution in [1.82, 2.24) is 5.32 Å². The number of benzene rings is 3. The molecule has 0 aliphatic rings. The van der Waals surface area contributed by atoms with Gasteiger partial charge in [-0.05, 0) is 54.4 Å². The van der Waals surface area contributed by atoms with Crippen LogP contribution in [0.15, 0.2) is 66.7 Å². The first-order valence-electron chi connectivity index (χ1n) is 9.62. The van der Waals surface area contributed by atoms with Crippen LogP contribution in [0.3, 0.4) is 0 Å². The van der Waals surface area contributed by atoms with Crippen molar-refractivity contribution in [2.24, 2.45) is 0 Å². The summed E-state index contributed by atoms with van der Waals surface area (Å²) in [5.41, 5.74) is -3.01. The lowest BCUT2D eigenvalue weighted by Crippen LogP contribution is -2.39. The van der Waals surface area contributed by atoms with Crippen LogP contribution >= 0.6 is 23.2 Å². The SMILES string of the molecule is C[C@@](O)(c1cc(Cl)c(NC(=O)NCc2ccc(Oc3ccccc3)cc2)c(Cl)c1)C(F)(F)F. The number of aliphatic hydroxyl groups is 1. The van der Waals surface area contributed by atoms with E-state index in [9.17, 15) is 23.1 Å². The molecule has 33 heavy (non-hydrogen) atoms. The van der Waals surface area contributed by atoms with Gasteiger partial charge in [0.25, 0.3) is 0 Å². The molecule has 174 valence electrons. The van der Waals surface area contributed by atoms with Gasteiger partial charge in [0.05, 0.1) is 15.7 Å². The second-order valence-corrected chi connectivity index (χ2v) is 8.07. The molecular formula is C23H19Cl2F3N2O3. The van der Waals surface area contributed by atoms with Crippen LogP contribution in [-0.2, 0) is 12.1 Å². The van der Waals surface area contributed by atoms with E-state index in [2.05, 4.69) is 10.6 Å². The first-order valence-corrected chi connectivity index (χ1v) is 10.4. The standard InChI is InChI=1S/C23H19Cl2F3N2O3/c1-22(32,23(26,27)28)15-11-18(24)20(19(25)12-15)30-21(31)29-13-14-7-9-17(10-8-14)33-16-5-3-2-4-6-16/h2-12,32H,13H2,1H3,(H2,29,30,31)/t22-/m1/s1. The summed E-state index contributed by atoms with van der Waals surface area (Å²) in [6.07, 6.45) is -4.94. The highest BCUT2D eigenvalue weighted by atomic mass is 35.5. The minimum atomic E-state index is -4.94. The molecule has 5 nitrogen and oxygen atoms in total. The fraction of sp³-hybridized carbons (Fsp3) is 0.174. The van der Waals surface area contributed by atoms with E-state index in [1.807, 2.05) is 30.3 Å². The molecule has 3 N–H and O–H groups in total. The quantitative estimate of drug-likeness (QED) is 0.347. The Labute approximate surface area is 198 Å². The number of hydrogen-bond donors (Lipinski definition) is 3. The van der Waals surface area contributed by atoms with E-state index < -0.39 is 23.4 Å². The van der Waals surface area contributed by atoms with Gasteiger partial charge in [-0.1, -0.05) is 53.5 Å². The van der Waals surface area contributed by atoms with Crippen LogP contribution in [0.4, 0.5) is 23.7 Å². The lowest BCUT2D eigenvalue weighted by Gasteiger charge is -2.27. The number of ether oxygens (including phenoxy) is 1. The van der Waals surface area contributed by atoms with Crippen LogP contribution in [0.25, 0.3) is 0 Å². The average Bonchev–Trinajstić information content (AvgIpc) is 2.75. The summed E-state index contributed by atoms with van der Waals surface area (Å²) >= 11 is 12.0. The summed E-state index contributed by atoms with van der Waals surface area (Å²) in [4.78, 5) is 12.2. The molecule has 0 radical (unpaired) electrons. The first kappa shape index (κ1) is 24.7.